The lowest BCUT2D eigenvalue weighted by Crippen LogP contribution is -2.08. The molecular formula is C14H10BrF3O2. The molecule has 2 aromatic carbocycles. The van der Waals surface area contributed by atoms with E-state index >= 15 is 0 Å². The molecule has 0 radical (unpaired) electrons. The van der Waals surface area contributed by atoms with Crippen molar-refractivity contribution in [2.75, 3.05) is 7.11 Å². The van der Waals surface area contributed by atoms with E-state index in [1.807, 2.05) is 0 Å². The summed E-state index contributed by atoms with van der Waals surface area (Å²) < 4.78 is 46.3. The molecule has 2 nitrogen and oxygen atoms in total. The maximum absolute atomic E-state index is 13.8. The summed E-state index contributed by atoms with van der Waals surface area (Å²) in [5, 5.41) is 10.0. The first-order valence-corrected chi connectivity index (χ1v) is 6.39. The summed E-state index contributed by atoms with van der Waals surface area (Å²) in [4.78, 5) is 0. The van der Waals surface area contributed by atoms with E-state index in [1.165, 1.54) is 19.2 Å². The lowest BCUT2D eigenvalue weighted by molar-refractivity contribution is 0.203. The summed E-state index contributed by atoms with van der Waals surface area (Å²) in [6.07, 6.45) is -1.74. The second-order valence-corrected chi connectivity index (χ2v) is 4.99. The molecule has 0 fully saturated rings. The Labute approximate surface area is 121 Å². The largest absolute Gasteiger partial charge is 0.497 e. The van der Waals surface area contributed by atoms with Gasteiger partial charge in [-0.1, -0.05) is 15.9 Å². The Morgan fingerprint density at radius 3 is 2.15 bits per heavy atom. The quantitative estimate of drug-likeness (QED) is 0.911. The highest BCUT2D eigenvalue weighted by molar-refractivity contribution is 9.10. The van der Waals surface area contributed by atoms with Crippen molar-refractivity contribution >= 4 is 15.9 Å². The van der Waals surface area contributed by atoms with Gasteiger partial charge in [-0.2, -0.15) is 0 Å². The van der Waals surface area contributed by atoms with E-state index in [9.17, 15) is 18.3 Å². The van der Waals surface area contributed by atoms with Gasteiger partial charge >= 0.3 is 0 Å². The minimum absolute atomic E-state index is 0.193. The smallest absolute Gasteiger partial charge is 0.133 e. The van der Waals surface area contributed by atoms with E-state index in [-0.39, 0.29) is 15.8 Å². The Morgan fingerprint density at radius 1 is 1.05 bits per heavy atom. The molecule has 0 aliphatic heterocycles. The molecule has 0 aromatic heterocycles. The monoisotopic (exact) mass is 346 g/mol. The fourth-order valence-electron chi connectivity index (χ4n) is 1.83. The highest BCUT2D eigenvalue weighted by atomic mass is 79.9. The van der Waals surface area contributed by atoms with Crippen LogP contribution >= 0.6 is 15.9 Å². The van der Waals surface area contributed by atoms with E-state index in [0.717, 1.165) is 18.2 Å². The van der Waals surface area contributed by atoms with Gasteiger partial charge in [0, 0.05) is 16.1 Å². The average molecular weight is 347 g/mol. The molecule has 20 heavy (non-hydrogen) atoms. The van der Waals surface area contributed by atoms with Crippen LogP contribution in [0.1, 0.15) is 17.2 Å². The first-order valence-electron chi connectivity index (χ1n) is 5.60. The molecule has 0 heterocycles. The van der Waals surface area contributed by atoms with Crippen LogP contribution in [0.25, 0.3) is 0 Å². The molecular weight excluding hydrogens is 337 g/mol. The highest BCUT2D eigenvalue weighted by Gasteiger charge is 2.23. The average Bonchev–Trinajstić information content (AvgIpc) is 2.37. The van der Waals surface area contributed by atoms with Crippen molar-refractivity contribution in [3.63, 3.8) is 0 Å². The number of aliphatic hydroxyl groups is 1. The number of halogens is 4. The zero-order valence-electron chi connectivity index (χ0n) is 10.3. The normalized spacial score (nSPS) is 12.3. The van der Waals surface area contributed by atoms with Gasteiger partial charge in [-0.3, -0.25) is 0 Å². The van der Waals surface area contributed by atoms with Crippen molar-refractivity contribution in [1.29, 1.82) is 0 Å². The standard InChI is InChI=1S/C14H10BrF3O2/c1-20-8-2-3-9(10(16)6-8)14(19)13-11(17)4-7(15)5-12(13)18/h2-6,14,19H,1H3. The van der Waals surface area contributed by atoms with Crippen molar-refractivity contribution in [1.82, 2.24) is 0 Å². The lowest BCUT2D eigenvalue weighted by Gasteiger charge is -2.15. The molecule has 0 aliphatic rings. The number of aliphatic hydroxyl groups excluding tert-OH is 1. The van der Waals surface area contributed by atoms with Crippen LogP contribution in [0, 0.1) is 17.5 Å². The Balaban J connectivity index is 2.49. The van der Waals surface area contributed by atoms with Crippen molar-refractivity contribution in [3.8, 4) is 5.75 Å². The summed E-state index contributed by atoms with van der Waals surface area (Å²) in [7, 11) is 1.36. The maximum Gasteiger partial charge on any atom is 0.133 e. The molecule has 2 aromatic rings. The van der Waals surface area contributed by atoms with E-state index in [1.54, 1.807) is 0 Å². The van der Waals surface area contributed by atoms with Gasteiger partial charge in [0.25, 0.3) is 0 Å². The second-order valence-electron chi connectivity index (χ2n) is 4.07. The number of methoxy groups -OCH3 is 1. The van der Waals surface area contributed by atoms with Crippen LogP contribution in [0.3, 0.4) is 0 Å². The van der Waals surface area contributed by atoms with Crippen LogP contribution < -0.4 is 4.74 Å². The number of hydrogen-bond acceptors (Lipinski definition) is 2. The van der Waals surface area contributed by atoms with Crippen LogP contribution in [0.5, 0.6) is 5.75 Å². The van der Waals surface area contributed by atoms with Crippen molar-refractivity contribution < 1.29 is 23.0 Å². The molecule has 0 saturated carbocycles. The third-order valence-corrected chi connectivity index (χ3v) is 3.28. The topological polar surface area (TPSA) is 29.5 Å². The second kappa shape index (κ2) is 5.85. The summed E-state index contributed by atoms with van der Waals surface area (Å²) in [5.74, 6) is -2.48. The van der Waals surface area contributed by atoms with Crippen LogP contribution in [0.15, 0.2) is 34.8 Å². The number of benzene rings is 2. The van der Waals surface area contributed by atoms with Crippen LogP contribution in [0.4, 0.5) is 13.2 Å². The zero-order valence-corrected chi connectivity index (χ0v) is 11.9. The molecule has 1 unspecified atom stereocenters. The highest BCUT2D eigenvalue weighted by Crippen LogP contribution is 2.31. The third-order valence-electron chi connectivity index (χ3n) is 2.82. The minimum Gasteiger partial charge on any atom is -0.497 e. The fraction of sp³-hybridized carbons (Fsp3) is 0.143. The first-order chi connectivity index (χ1) is 9.43. The van der Waals surface area contributed by atoms with Gasteiger partial charge in [0.2, 0.25) is 0 Å². The molecule has 0 aliphatic carbocycles. The molecule has 1 N–H and O–H groups in total. The van der Waals surface area contributed by atoms with Crippen LogP contribution in [0.2, 0.25) is 0 Å². The predicted octanol–water partition coefficient (Wildman–Crippen LogP) is 3.96. The van der Waals surface area contributed by atoms with Crippen LogP contribution in [-0.4, -0.2) is 12.2 Å². The van der Waals surface area contributed by atoms with E-state index in [2.05, 4.69) is 15.9 Å². The molecule has 1 atom stereocenters. The third kappa shape index (κ3) is 2.81. The summed E-state index contributed by atoms with van der Waals surface area (Å²) in [6, 6.07) is 5.66. The van der Waals surface area contributed by atoms with Gasteiger partial charge in [0.05, 0.1) is 12.7 Å². The van der Waals surface area contributed by atoms with Crippen molar-refractivity contribution in [2.24, 2.45) is 0 Å². The minimum atomic E-state index is -1.74. The van der Waals surface area contributed by atoms with Gasteiger partial charge in [-0.25, -0.2) is 13.2 Å². The van der Waals surface area contributed by atoms with Crippen molar-refractivity contribution in [3.05, 3.63) is 63.4 Å². The SMILES string of the molecule is COc1ccc(C(O)c2c(F)cc(Br)cc2F)c(F)c1. The molecule has 0 spiro atoms. The molecule has 6 heteroatoms. The lowest BCUT2D eigenvalue weighted by atomic mass is 10.00. The predicted molar refractivity (Wildman–Crippen MR) is 71.1 cm³/mol. The van der Waals surface area contributed by atoms with E-state index in [4.69, 9.17) is 4.74 Å². The molecule has 0 bridgehead atoms. The van der Waals surface area contributed by atoms with E-state index in [0.29, 0.717) is 0 Å². The summed E-state index contributed by atoms with van der Waals surface area (Å²) in [5.41, 5.74) is -0.830. The number of rotatable bonds is 3. The maximum atomic E-state index is 13.8. The first kappa shape index (κ1) is 14.9. The zero-order chi connectivity index (χ0) is 14.9. The Hall–Kier alpha value is -1.53. The Morgan fingerprint density at radius 2 is 1.65 bits per heavy atom. The molecule has 0 amide bonds. The fourth-order valence-corrected chi connectivity index (χ4v) is 2.23. The van der Waals surface area contributed by atoms with Crippen LogP contribution in [-0.2, 0) is 0 Å². The van der Waals surface area contributed by atoms with E-state index < -0.39 is 29.1 Å². The molecule has 2 rings (SSSR count). The van der Waals surface area contributed by atoms with Gasteiger partial charge < -0.3 is 9.84 Å². The van der Waals surface area contributed by atoms with Gasteiger partial charge in [-0.15, -0.1) is 0 Å². The molecule has 106 valence electrons. The Kier molecular flexibility index (Phi) is 4.35. The van der Waals surface area contributed by atoms with Gasteiger partial charge in [0.1, 0.15) is 29.3 Å². The summed E-state index contributed by atoms with van der Waals surface area (Å²) in [6.45, 7) is 0. The summed E-state index contributed by atoms with van der Waals surface area (Å²) >= 11 is 2.93. The van der Waals surface area contributed by atoms with Gasteiger partial charge in [-0.05, 0) is 24.3 Å². The number of ether oxygens (including phenoxy) is 1. The Bertz CT molecular complexity index is 623. The van der Waals surface area contributed by atoms with Gasteiger partial charge in [0.15, 0.2) is 0 Å². The van der Waals surface area contributed by atoms with Crippen molar-refractivity contribution in [2.45, 2.75) is 6.10 Å². The number of hydrogen-bond donors (Lipinski definition) is 1. The molecule has 0 saturated heterocycles.